The van der Waals surface area contributed by atoms with Crippen LogP contribution in [-0.2, 0) is 11.2 Å². The fourth-order valence-electron chi connectivity index (χ4n) is 4.18. The van der Waals surface area contributed by atoms with Crippen molar-refractivity contribution in [2.24, 2.45) is 0 Å². The molecule has 0 radical (unpaired) electrons. The van der Waals surface area contributed by atoms with Gasteiger partial charge in [0.15, 0.2) is 0 Å². The lowest BCUT2D eigenvalue weighted by Gasteiger charge is -2.10. The summed E-state index contributed by atoms with van der Waals surface area (Å²) in [5, 5.41) is 19.9. The molecule has 35 heavy (non-hydrogen) atoms. The summed E-state index contributed by atoms with van der Waals surface area (Å²) in [6.45, 7) is 0. The van der Waals surface area contributed by atoms with Crippen molar-refractivity contribution < 1.29 is 15.0 Å². The third-order valence-corrected chi connectivity index (χ3v) is 6.23. The standard InChI is InChI=1S/C29H20ClNO4/c30-26-16-27-22(15-25(29(35)31-27)21-3-1-2-17(12-21)13-28(33)34)14-24(26)20-6-4-18(5-7-20)19-8-10-23(32)11-9-19/h1-12,14-16,32H,13H2,(H,31,35)(H,33,34). The number of carboxylic acids is 1. The van der Waals surface area contributed by atoms with Crippen molar-refractivity contribution in [2.45, 2.75) is 6.42 Å². The molecule has 1 aromatic heterocycles. The lowest BCUT2D eigenvalue weighted by Crippen LogP contribution is -2.09. The van der Waals surface area contributed by atoms with Crippen LogP contribution in [0.2, 0.25) is 5.02 Å². The summed E-state index contributed by atoms with van der Waals surface area (Å²) in [5.74, 6) is -0.704. The molecular formula is C29H20ClNO4. The normalized spacial score (nSPS) is 11.0. The van der Waals surface area contributed by atoms with Gasteiger partial charge in [-0.1, -0.05) is 72.3 Å². The summed E-state index contributed by atoms with van der Waals surface area (Å²) in [7, 11) is 0. The van der Waals surface area contributed by atoms with Crippen LogP contribution >= 0.6 is 11.6 Å². The lowest BCUT2D eigenvalue weighted by molar-refractivity contribution is -0.136. The largest absolute Gasteiger partial charge is 0.508 e. The maximum Gasteiger partial charge on any atom is 0.307 e. The summed E-state index contributed by atoms with van der Waals surface area (Å²) in [5.41, 5.74) is 5.85. The molecule has 0 unspecified atom stereocenters. The molecule has 0 aliphatic carbocycles. The molecule has 172 valence electrons. The molecule has 0 saturated heterocycles. The highest BCUT2D eigenvalue weighted by atomic mass is 35.5. The molecule has 0 bridgehead atoms. The number of pyridine rings is 1. The first-order chi connectivity index (χ1) is 16.9. The number of nitrogens with one attached hydrogen (secondary N) is 1. The van der Waals surface area contributed by atoms with Gasteiger partial charge < -0.3 is 15.2 Å². The van der Waals surface area contributed by atoms with Crippen molar-refractivity contribution in [3.05, 3.63) is 112 Å². The maximum atomic E-state index is 12.8. The van der Waals surface area contributed by atoms with Gasteiger partial charge in [-0.15, -0.1) is 0 Å². The molecule has 0 atom stereocenters. The minimum Gasteiger partial charge on any atom is -0.508 e. The van der Waals surface area contributed by atoms with Crippen LogP contribution in [0.5, 0.6) is 5.75 Å². The number of aliphatic carboxylic acids is 1. The van der Waals surface area contributed by atoms with E-state index in [0.717, 1.165) is 27.6 Å². The van der Waals surface area contributed by atoms with E-state index in [4.69, 9.17) is 16.7 Å². The van der Waals surface area contributed by atoms with Gasteiger partial charge in [0.2, 0.25) is 0 Å². The van der Waals surface area contributed by atoms with Crippen LogP contribution in [0.25, 0.3) is 44.3 Å². The molecule has 0 fully saturated rings. The number of H-pyrrole nitrogens is 1. The highest BCUT2D eigenvalue weighted by Gasteiger charge is 2.12. The summed E-state index contributed by atoms with van der Waals surface area (Å²) in [6.07, 6.45) is -0.112. The monoisotopic (exact) mass is 481 g/mol. The molecule has 5 nitrogen and oxygen atoms in total. The summed E-state index contributed by atoms with van der Waals surface area (Å²) >= 11 is 6.58. The fourth-order valence-corrected chi connectivity index (χ4v) is 4.46. The number of fused-ring (bicyclic) bond motifs is 1. The second-order valence-electron chi connectivity index (χ2n) is 8.33. The van der Waals surface area contributed by atoms with Gasteiger partial charge in [0, 0.05) is 16.6 Å². The smallest absolute Gasteiger partial charge is 0.307 e. The van der Waals surface area contributed by atoms with Crippen molar-refractivity contribution in [1.29, 1.82) is 0 Å². The first kappa shape index (κ1) is 22.4. The number of aromatic hydroxyl groups is 1. The van der Waals surface area contributed by atoms with E-state index < -0.39 is 5.97 Å². The molecule has 0 amide bonds. The zero-order valence-electron chi connectivity index (χ0n) is 18.5. The second-order valence-corrected chi connectivity index (χ2v) is 8.73. The predicted molar refractivity (Wildman–Crippen MR) is 139 cm³/mol. The number of carboxylic acid groups (broad SMARTS) is 1. The van der Waals surface area contributed by atoms with E-state index in [1.54, 1.807) is 48.5 Å². The van der Waals surface area contributed by atoms with Crippen LogP contribution in [0.3, 0.4) is 0 Å². The Hall–Kier alpha value is -4.35. The van der Waals surface area contributed by atoms with Crippen LogP contribution < -0.4 is 5.56 Å². The van der Waals surface area contributed by atoms with Crippen molar-refractivity contribution in [1.82, 2.24) is 4.98 Å². The van der Waals surface area contributed by atoms with Crippen molar-refractivity contribution in [3.63, 3.8) is 0 Å². The number of halogens is 1. The van der Waals surface area contributed by atoms with E-state index >= 15 is 0 Å². The van der Waals surface area contributed by atoms with Crippen LogP contribution in [0, 0.1) is 0 Å². The van der Waals surface area contributed by atoms with Gasteiger partial charge in [-0.2, -0.15) is 0 Å². The summed E-state index contributed by atoms with van der Waals surface area (Å²) in [4.78, 5) is 26.8. The molecule has 5 aromatic rings. The zero-order chi connectivity index (χ0) is 24.5. The second kappa shape index (κ2) is 9.12. The van der Waals surface area contributed by atoms with Crippen LogP contribution in [0.4, 0.5) is 0 Å². The van der Waals surface area contributed by atoms with E-state index in [0.29, 0.717) is 27.2 Å². The van der Waals surface area contributed by atoms with Crippen molar-refractivity contribution in [2.75, 3.05) is 0 Å². The first-order valence-corrected chi connectivity index (χ1v) is 11.3. The van der Waals surface area contributed by atoms with Crippen LogP contribution in [0.1, 0.15) is 5.56 Å². The van der Waals surface area contributed by atoms with Crippen LogP contribution in [0.15, 0.2) is 95.8 Å². The number of carbonyl (C=O) groups is 1. The number of aromatic nitrogens is 1. The minimum absolute atomic E-state index is 0.112. The highest BCUT2D eigenvalue weighted by Crippen LogP contribution is 2.34. The summed E-state index contributed by atoms with van der Waals surface area (Å²) in [6, 6.07) is 27.5. The van der Waals surface area contributed by atoms with Gasteiger partial charge in [-0.3, -0.25) is 9.59 Å². The number of benzene rings is 4. The SMILES string of the molecule is O=C(O)Cc1cccc(-c2cc3cc(-c4ccc(-c5ccc(O)cc5)cc4)c(Cl)cc3[nH]c2=O)c1. The Morgan fingerprint density at radius 2 is 1.40 bits per heavy atom. The maximum absolute atomic E-state index is 12.8. The molecule has 0 aliphatic heterocycles. The fraction of sp³-hybridized carbons (Fsp3) is 0.0345. The molecule has 4 aromatic carbocycles. The Morgan fingerprint density at radius 1 is 0.771 bits per heavy atom. The molecule has 0 saturated carbocycles. The number of phenols is 1. The van der Waals surface area contributed by atoms with Gasteiger partial charge in [0.25, 0.3) is 5.56 Å². The van der Waals surface area contributed by atoms with Gasteiger partial charge in [-0.25, -0.2) is 0 Å². The van der Waals surface area contributed by atoms with Gasteiger partial charge in [0.05, 0.1) is 11.4 Å². The molecule has 0 aliphatic rings. The molecule has 6 heteroatoms. The molecule has 3 N–H and O–H groups in total. The van der Waals surface area contributed by atoms with Crippen molar-refractivity contribution >= 4 is 28.5 Å². The number of phenolic OH excluding ortho intramolecular Hbond substituents is 1. The number of hydrogen-bond acceptors (Lipinski definition) is 3. The van der Waals surface area contributed by atoms with Gasteiger partial charge >= 0.3 is 5.97 Å². The van der Waals surface area contributed by atoms with E-state index in [-0.39, 0.29) is 17.7 Å². The average Bonchev–Trinajstić information content (AvgIpc) is 2.84. The quantitative estimate of drug-likeness (QED) is 0.266. The first-order valence-electron chi connectivity index (χ1n) is 10.9. The Morgan fingerprint density at radius 3 is 2.09 bits per heavy atom. The number of hydrogen-bond donors (Lipinski definition) is 3. The third-order valence-electron chi connectivity index (χ3n) is 5.92. The Kier molecular flexibility index (Phi) is 5.85. The lowest BCUT2D eigenvalue weighted by atomic mass is 9.97. The van der Waals surface area contributed by atoms with E-state index in [1.165, 1.54) is 0 Å². The summed E-state index contributed by atoms with van der Waals surface area (Å²) < 4.78 is 0. The van der Waals surface area contributed by atoms with Gasteiger partial charge in [-0.05, 0) is 63.5 Å². The van der Waals surface area contributed by atoms with E-state index in [1.807, 2.05) is 42.5 Å². The Labute approximate surface area is 205 Å². The molecular weight excluding hydrogens is 462 g/mol. The number of rotatable bonds is 5. The Bertz CT molecular complexity index is 1620. The average molecular weight is 482 g/mol. The van der Waals surface area contributed by atoms with E-state index in [2.05, 4.69) is 4.98 Å². The predicted octanol–water partition coefficient (Wildman–Crippen LogP) is 6.52. The molecule has 0 spiro atoms. The van der Waals surface area contributed by atoms with Crippen molar-refractivity contribution in [3.8, 4) is 39.1 Å². The molecule has 1 heterocycles. The topological polar surface area (TPSA) is 90.4 Å². The number of aromatic amines is 1. The van der Waals surface area contributed by atoms with Crippen LogP contribution in [-0.4, -0.2) is 21.2 Å². The third kappa shape index (κ3) is 4.67. The molecule has 5 rings (SSSR count). The zero-order valence-corrected chi connectivity index (χ0v) is 19.2. The highest BCUT2D eigenvalue weighted by molar-refractivity contribution is 6.34. The van der Waals surface area contributed by atoms with Gasteiger partial charge in [0.1, 0.15) is 5.75 Å². The Balaban J connectivity index is 1.55. The van der Waals surface area contributed by atoms with E-state index in [9.17, 15) is 14.7 Å². The minimum atomic E-state index is -0.926.